The molecule has 7 nitrogen and oxygen atoms in total. The number of aromatic carboxylic acids is 1. The molecule has 0 spiro atoms. The van der Waals surface area contributed by atoms with Crippen molar-refractivity contribution in [1.82, 2.24) is 9.97 Å². The van der Waals surface area contributed by atoms with Gasteiger partial charge in [0.1, 0.15) is 17.1 Å². The molecule has 0 amide bonds. The lowest BCUT2D eigenvalue weighted by Gasteiger charge is -2.10. The van der Waals surface area contributed by atoms with E-state index in [1.165, 1.54) is 31.4 Å². The maximum atomic E-state index is 12.4. The summed E-state index contributed by atoms with van der Waals surface area (Å²) in [7, 11) is 0. The number of hydrogen-bond acceptors (Lipinski definition) is 6. The van der Waals surface area contributed by atoms with Gasteiger partial charge >= 0.3 is 11.9 Å². The van der Waals surface area contributed by atoms with Gasteiger partial charge in [-0.1, -0.05) is 46.0 Å². The standard InChI is InChI=1S/C23H30N2O5/c1-3-5-7-8-9-10-17-15-24-21(25-16-17)23(28)30-20-12-11-18(29-13-6-4-2)14-19(20)22(26)27/h11-12,14-16H,3-10,13H2,1-2H3,(H,26,27). The Morgan fingerprint density at radius 2 is 1.67 bits per heavy atom. The number of carboxylic acids is 1. The van der Waals surface area contributed by atoms with Gasteiger partial charge in [-0.25, -0.2) is 19.6 Å². The van der Waals surface area contributed by atoms with Crippen LogP contribution in [-0.2, 0) is 6.42 Å². The van der Waals surface area contributed by atoms with Crippen LogP contribution in [0, 0.1) is 0 Å². The Labute approximate surface area is 177 Å². The van der Waals surface area contributed by atoms with Gasteiger partial charge in [-0.15, -0.1) is 0 Å². The maximum absolute atomic E-state index is 12.4. The summed E-state index contributed by atoms with van der Waals surface area (Å²) in [6, 6.07) is 4.34. The van der Waals surface area contributed by atoms with Crippen LogP contribution in [0.1, 0.15) is 85.3 Å². The van der Waals surface area contributed by atoms with Crippen molar-refractivity contribution in [2.75, 3.05) is 6.61 Å². The first-order valence-electron chi connectivity index (χ1n) is 10.6. The Balaban J connectivity index is 1.98. The summed E-state index contributed by atoms with van der Waals surface area (Å²) in [4.78, 5) is 32.1. The molecular formula is C23H30N2O5. The van der Waals surface area contributed by atoms with E-state index in [-0.39, 0.29) is 17.1 Å². The van der Waals surface area contributed by atoms with Crippen LogP contribution in [-0.4, -0.2) is 33.6 Å². The molecular weight excluding hydrogens is 384 g/mol. The number of ether oxygens (including phenoxy) is 2. The topological polar surface area (TPSA) is 98.6 Å². The predicted octanol–water partition coefficient (Wildman–Crippen LogP) is 5.09. The number of esters is 1. The number of benzene rings is 1. The molecule has 2 rings (SSSR count). The average molecular weight is 415 g/mol. The Hall–Kier alpha value is -2.96. The molecule has 1 N–H and O–H groups in total. The summed E-state index contributed by atoms with van der Waals surface area (Å²) >= 11 is 0. The monoisotopic (exact) mass is 414 g/mol. The summed E-state index contributed by atoms with van der Waals surface area (Å²) in [5.41, 5.74) is 0.809. The van der Waals surface area contributed by atoms with Crippen LogP contribution >= 0.6 is 0 Å². The molecule has 1 aromatic heterocycles. The van der Waals surface area contributed by atoms with E-state index in [0.717, 1.165) is 37.7 Å². The van der Waals surface area contributed by atoms with E-state index < -0.39 is 11.9 Å². The fraction of sp³-hybridized carbons (Fsp3) is 0.478. The number of carboxylic acid groups (broad SMARTS) is 1. The highest BCUT2D eigenvalue weighted by Crippen LogP contribution is 2.25. The first kappa shape index (κ1) is 23.3. The van der Waals surface area contributed by atoms with Crippen LogP contribution < -0.4 is 9.47 Å². The Morgan fingerprint density at radius 3 is 2.33 bits per heavy atom. The average Bonchev–Trinajstić information content (AvgIpc) is 2.75. The third-order valence-corrected chi connectivity index (χ3v) is 4.61. The lowest BCUT2D eigenvalue weighted by molar-refractivity contribution is 0.0677. The van der Waals surface area contributed by atoms with Gasteiger partial charge in [0.2, 0.25) is 5.82 Å². The van der Waals surface area contributed by atoms with Crippen molar-refractivity contribution >= 4 is 11.9 Å². The van der Waals surface area contributed by atoms with Crippen molar-refractivity contribution in [1.29, 1.82) is 0 Å². The summed E-state index contributed by atoms with van der Waals surface area (Å²) in [6.07, 6.45) is 11.8. The molecule has 1 aromatic carbocycles. The molecule has 0 atom stereocenters. The van der Waals surface area contributed by atoms with E-state index in [1.807, 2.05) is 6.92 Å². The number of carbonyl (C=O) groups is 2. The molecule has 0 aliphatic carbocycles. The van der Waals surface area contributed by atoms with E-state index in [4.69, 9.17) is 9.47 Å². The SMILES string of the molecule is CCCCCCCc1cnc(C(=O)Oc2ccc(OCCCC)cc2C(=O)O)nc1. The Kier molecular flexibility index (Phi) is 9.77. The number of nitrogens with zero attached hydrogens (tertiary/aromatic N) is 2. The minimum atomic E-state index is -1.21. The van der Waals surface area contributed by atoms with Crippen molar-refractivity contribution in [3.05, 3.63) is 47.5 Å². The van der Waals surface area contributed by atoms with E-state index in [2.05, 4.69) is 16.9 Å². The van der Waals surface area contributed by atoms with E-state index in [1.54, 1.807) is 18.5 Å². The second kappa shape index (κ2) is 12.6. The van der Waals surface area contributed by atoms with Crippen molar-refractivity contribution in [3.8, 4) is 11.5 Å². The third-order valence-electron chi connectivity index (χ3n) is 4.61. The lowest BCUT2D eigenvalue weighted by Crippen LogP contribution is -2.15. The Bertz CT molecular complexity index is 821. The van der Waals surface area contributed by atoms with Crippen molar-refractivity contribution in [3.63, 3.8) is 0 Å². The maximum Gasteiger partial charge on any atom is 0.381 e. The molecule has 0 fully saturated rings. The smallest absolute Gasteiger partial charge is 0.381 e. The second-order valence-electron chi connectivity index (χ2n) is 7.13. The van der Waals surface area contributed by atoms with Crippen LogP contribution in [0.2, 0.25) is 0 Å². The number of unbranched alkanes of at least 4 members (excludes halogenated alkanes) is 5. The molecule has 0 unspecified atom stereocenters. The summed E-state index contributed by atoms with van der Waals surface area (Å²) in [6.45, 7) is 4.71. The molecule has 0 saturated carbocycles. The zero-order chi connectivity index (χ0) is 21.8. The van der Waals surface area contributed by atoms with E-state index >= 15 is 0 Å². The lowest BCUT2D eigenvalue weighted by atomic mass is 10.1. The van der Waals surface area contributed by atoms with Gasteiger partial charge in [-0.3, -0.25) is 0 Å². The highest BCUT2D eigenvalue weighted by atomic mass is 16.5. The van der Waals surface area contributed by atoms with Crippen molar-refractivity contribution in [2.24, 2.45) is 0 Å². The van der Waals surface area contributed by atoms with Crippen molar-refractivity contribution < 1.29 is 24.2 Å². The van der Waals surface area contributed by atoms with Crippen LogP contribution in [0.4, 0.5) is 0 Å². The third kappa shape index (κ3) is 7.46. The normalized spacial score (nSPS) is 10.6. The number of carbonyl (C=O) groups excluding carboxylic acids is 1. The van der Waals surface area contributed by atoms with Crippen LogP contribution in [0.5, 0.6) is 11.5 Å². The first-order valence-corrected chi connectivity index (χ1v) is 10.6. The van der Waals surface area contributed by atoms with Gasteiger partial charge < -0.3 is 14.6 Å². The van der Waals surface area contributed by atoms with E-state index in [9.17, 15) is 14.7 Å². The summed E-state index contributed by atoms with van der Waals surface area (Å²) in [5.74, 6) is -1.77. The molecule has 2 aromatic rings. The second-order valence-corrected chi connectivity index (χ2v) is 7.13. The number of aromatic nitrogens is 2. The molecule has 0 saturated heterocycles. The fourth-order valence-electron chi connectivity index (χ4n) is 2.86. The molecule has 7 heteroatoms. The first-order chi connectivity index (χ1) is 14.5. The van der Waals surface area contributed by atoms with Crippen molar-refractivity contribution in [2.45, 2.75) is 65.2 Å². The zero-order valence-corrected chi connectivity index (χ0v) is 17.7. The fourth-order valence-corrected chi connectivity index (χ4v) is 2.86. The van der Waals surface area contributed by atoms with Crippen LogP contribution in [0.15, 0.2) is 30.6 Å². The molecule has 30 heavy (non-hydrogen) atoms. The van der Waals surface area contributed by atoms with Gasteiger partial charge in [0.15, 0.2) is 0 Å². The molecule has 0 bridgehead atoms. The molecule has 162 valence electrons. The molecule has 0 aliphatic rings. The van der Waals surface area contributed by atoms with Gasteiger partial charge in [0.05, 0.1) is 6.61 Å². The van der Waals surface area contributed by atoms with Crippen LogP contribution in [0.3, 0.4) is 0 Å². The van der Waals surface area contributed by atoms with Gasteiger partial charge in [-0.05, 0) is 43.0 Å². The molecule has 1 heterocycles. The Morgan fingerprint density at radius 1 is 0.967 bits per heavy atom. The predicted molar refractivity (Wildman–Crippen MR) is 113 cm³/mol. The highest BCUT2D eigenvalue weighted by molar-refractivity contribution is 5.94. The minimum absolute atomic E-state index is 0.0704. The van der Waals surface area contributed by atoms with Crippen LogP contribution in [0.25, 0.3) is 0 Å². The quantitative estimate of drug-likeness (QED) is 0.277. The highest BCUT2D eigenvalue weighted by Gasteiger charge is 2.19. The number of aryl methyl sites for hydroxylation is 1. The van der Waals surface area contributed by atoms with Gasteiger partial charge in [-0.2, -0.15) is 0 Å². The van der Waals surface area contributed by atoms with E-state index in [0.29, 0.717) is 12.4 Å². The molecule has 0 aliphatic heterocycles. The van der Waals surface area contributed by atoms with Gasteiger partial charge in [0.25, 0.3) is 0 Å². The minimum Gasteiger partial charge on any atom is -0.494 e. The summed E-state index contributed by atoms with van der Waals surface area (Å²) in [5, 5.41) is 9.44. The summed E-state index contributed by atoms with van der Waals surface area (Å²) < 4.78 is 10.8. The molecule has 0 radical (unpaired) electrons. The number of rotatable bonds is 13. The van der Waals surface area contributed by atoms with Gasteiger partial charge in [0, 0.05) is 12.4 Å². The zero-order valence-electron chi connectivity index (χ0n) is 17.7. The number of hydrogen-bond donors (Lipinski definition) is 1. The largest absolute Gasteiger partial charge is 0.494 e.